The normalized spacial score (nSPS) is 24.6. The molecule has 0 saturated carbocycles. The van der Waals surface area contributed by atoms with Crippen LogP contribution in [0.1, 0.15) is 31.4 Å². The van der Waals surface area contributed by atoms with E-state index in [4.69, 9.17) is 4.74 Å². The van der Waals surface area contributed by atoms with Gasteiger partial charge in [0.25, 0.3) is 5.91 Å². The number of amides is 1. The Morgan fingerprint density at radius 2 is 2.26 bits per heavy atom. The maximum absolute atomic E-state index is 13.6. The Balaban J connectivity index is 2.00. The van der Waals surface area contributed by atoms with Crippen LogP contribution in [0.15, 0.2) is 35.6 Å². The topological polar surface area (TPSA) is 66.8 Å². The van der Waals surface area contributed by atoms with Crippen molar-refractivity contribution >= 4 is 11.7 Å². The van der Waals surface area contributed by atoms with Crippen LogP contribution in [0.2, 0.25) is 0 Å². The standard InChI is InChI=1S/C17H18FNO4/c1-10(20)14-15(11-4-2-5-12(18)8-11)19(17(22)16(14)21)9-13-6-3-7-23-13/h2,4-5,8,13,15,21H,3,6-7,9H2,1H3/t13-,15-/m0/s1. The van der Waals surface area contributed by atoms with Crippen LogP contribution in [0.25, 0.3) is 0 Å². The molecule has 0 unspecified atom stereocenters. The molecule has 1 N–H and O–H groups in total. The molecule has 1 amide bonds. The Kier molecular flexibility index (Phi) is 4.17. The third kappa shape index (κ3) is 2.86. The quantitative estimate of drug-likeness (QED) is 0.924. The van der Waals surface area contributed by atoms with E-state index in [1.807, 2.05) is 0 Å². The number of aliphatic hydroxyl groups excluding tert-OH is 1. The van der Waals surface area contributed by atoms with Gasteiger partial charge in [-0.1, -0.05) is 12.1 Å². The molecule has 2 aliphatic rings. The third-order valence-electron chi connectivity index (χ3n) is 4.27. The molecule has 0 aromatic heterocycles. The van der Waals surface area contributed by atoms with Crippen molar-refractivity contribution in [1.29, 1.82) is 0 Å². The van der Waals surface area contributed by atoms with E-state index in [2.05, 4.69) is 0 Å². The van der Waals surface area contributed by atoms with Crippen LogP contribution >= 0.6 is 0 Å². The second-order valence-corrected chi connectivity index (χ2v) is 5.87. The molecule has 0 aliphatic carbocycles. The molecule has 6 heteroatoms. The number of hydrogen-bond acceptors (Lipinski definition) is 4. The van der Waals surface area contributed by atoms with Crippen molar-refractivity contribution in [2.45, 2.75) is 31.9 Å². The number of carbonyl (C=O) groups is 2. The minimum absolute atomic E-state index is 0.0126. The smallest absolute Gasteiger partial charge is 0.290 e. The van der Waals surface area contributed by atoms with Crippen molar-refractivity contribution in [1.82, 2.24) is 4.90 Å². The van der Waals surface area contributed by atoms with Crippen molar-refractivity contribution in [2.75, 3.05) is 13.2 Å². The summed E-state index contributed by atoms with van der Waals surface area (Å²) in [6.07, 6.45) is 1.60. The fourth-order valence-electron chi connectivity index (χ4n) is 3.23. The molecule has 2 aliphatic heterocycles. The van der Waals surface area contributed by atoms with E-state index in [0.717, 1.165) is 12.8 Å². The van der Waals surface area contributed by atoms with Crippen LogP contribution in [0.4, 0.5) is 4.39 Å². The molecule has 0 radical (unpaired) electrons. The van der Waals surface area contributed by atoms with Gasteiger partial charge >= 0.3 is 0 Å². The summed E-state index contributed by atoms with van der Waals surface area (Å²) in [6.45, 7) is 2.19. The maximum Gasteiger partial charge on any atom is 0.290 e. The highest BCUT2D eigenvalue weighted by Gasteiger charge is 2.43. The molecule has 1 saturated heterocycles. The third-order valence-corrected chi connectivity index (χ3v) is 4.27. The Hall–Kier alpha value is -2.21. The lowest BCUT2D eigenvalue weighted by molar-refractivity contribution is -0.131. The summed E-state index contributed by atoms with van der Waals surface area (Å²) in [5.74, 6) is -2.02. The van der Waals surface area contributed by atoms with Gasteiger partial charge in [0.1, 0.15) is 5.82 Å². The fourth-order valence-corrected chi connectivity index (χ4v) is 3.23. The van der Waals surface area contributed by atoms with E-state index in [-0.39, 0.29) is 18.2 Å². The zero-order valence-corrected chi connectivity index (χ0v) is 12.8. The number of halogens is 1. The first kappa shape index (κ1) is 15.7. The molecule has 122 valence electrons. The van der Waals surface area contributed by atoms with Crippen LogP contribution in [-0.2, 0) is 14.3 Å². The number of ketones is 1. The fraction of sp³-hybridized carbons (Fsp3) is 0.412. The monoisotopic (exact) mass is 319 g/mol. The molecule has 3 rings (SSSR count). The van der Waals surface area contributed by atoms with Crippen LogP contribution in [0.5, 0.6) is 0 Å². The predicted octanol–water partition coefficient (Wildman–Crippen LogP) is 2.29. The Morgan fingerprint density at radius 3 is 2.87 bits per heavy atom. The van der Waals surface area contributed by atoms with Gasteiger partial charge in [-0.05, 0) is 37.5 Å². The summed E-state index contributed by atoms with van der Waals surface area (Å²) in [4.78, 5) is 25.7. The second kappa shape index (κ2) is 6.12. The summed E-state index contributed by atoms with van der Waals surface area (Å²) in [7, 11) is 0. The van der Waals surface area contributed by atoms with E-state index < -0.39 is 29.3 Å². The number of carbonyl (C=O) groups excluding carboxylic acids is 2. The van der Waals surface area contributed by atoms with Gasteiger partial charge in [0.05, 0.1) is 17.7 Å². The number of nitrogens with zero attached hydrogens (tertiary/aromatic N) is 1. The van der Waals surface area contributed by atoms with Crippen LogP contribution in [-0.4, -0.2) is 41.0 Å². The summed E-state index contributed by atoms with van der Waals surface area (Å²) < 4.78 is 19.1. The lowest BCUT2D eigenvalue weighted by Gasteiger charge is -2.28. The largest absolute Gasteiger partial charge is 0.503 e. The van der Waals surface area contributed by atoms with Gasteiger partial charge in [-0.15, -0.1) is 0 Å². The molecule has 1 fully saturated rings. The molecule has 23 heavy (non-hydrogen) atoms. The first-order valence-corrected chi connectivity index (χ1v) is 7.61. The van der Waals surface area contributed by atoms with Gasteiger partial charge < -0.3 is 14.7 Å². The minimum atomic E-state index is -0.778. The van der Waals surface area contributed by atoms with Crippen molar-refractivity contribution in [3.8, 4) is 0 Å². The molecule has 1 aromatic carbocycles. The van der Waals surface area contributed by atoms with Gasteiger partial charge in [-0.3, -0.25) is 9.59 Å². The summed E-state index contributed by atoms with van der Waals surface area (Å²) >= 11 is 0. The van der Waals surface area contributed by atoms with Gasteiger partial charge in [0, 0.05) is 13.2 Å². The van der Waals surface area contributed by atoms with E-state index in [0.29, 0.717) is 12.2 Å². The Morgan fingerprint density at radius 1 is 1.48 bits per heavy atom. The average molecular weight is 319 g/mol. The molecule has 1 aromatic rings. The Labute approximate surface area is 133 Å². The molecule has 2 atom stereocenters. The average Bonchev–Trinajstić information content (AvgIpc) is 3.09. The molecular weight excluding hydrogens is 301 g/mol. The van der Waals surface area contributed by atoms with E-state index >= 15 is 0 Å². The molecule has 0 bridgehead atoms. The number of benzene rings is 1. The van der Waals surface area contributed by atoms with Crippen molar-refractivity contribution in [3.63, 3.8) is 0 Å². The first-order valence-electron chi connectivity index (χ1n) is 7.61. The number of ether oxygens (including phenoxy) is 1. The van der Waals surface area contributed by atoms with Crippen molar-refractivity contribution < 1.29 is 23.8 Å². The van der Waals surface area contributed by atoms with Gasteiger partial charge in [0.2, 0.25) is 0 Å². The number of Topliss-reactive ketones (excluding diaryl/α,β-unsaturated/α-hetero) is 1. The zero-order chi connectivity index (χ0) is 16.6. The summed E-state index contributed by atoms with van der Waals surface area (Å²) in [5.41, 5.74) is 0.476. The molecule has 0 spiro atoms. The van der Waals surface area contributed by atoms with Gasteiger partial charge in [-0.2, -0.15) is 0 Å². The molecular formula is C17H18FNO4. The number of rotatable bonds is 4. The van der Waals surface area contributed by atoms with Crippen LogP contribution in [0.3, 0.4) is 0 Å². The minimum Gasteiger partial charge on any atom is -0.503 e. The zero-order valence-electron chi connectivity index (χ0n) is 12.8. The van der Waals surface area contributed by atoms with E-state index in [9.17, 15) is 19.1 Å². The highest BCUT2D eigenvalue weighted by molar-refractivity contribution is 6.08. The Bertz CT molecular complexity index is 679. The highest BCUT2D eigenvalue weighted by Crippen LogP contribution is 2.38. The van der Waals surface area contributed by atoms with Crippen molar-refractivity contribution in [2.24, 2.45) is 0 Å². The number of hydrogen-bond donors (Lipinski definition) is 1. The molecule has 2 heterocycles. The van der Waals surface area contributed by atoms with Crippen LogP contribution in [0, 0.1) is 5.82 Å². The summed E-state index contributed by atoms with van der Waals surface area (Å²) in [5, 5.41) is 10.1. The SMILES string of the molecule is CC(=O)C1=C(O)C(=O)N(C[C@@H]2CCCO2)[C@H]1c1cccc(F)c1. The summed E-state index contributed by atoms with van der Waals surface area (Å²) in [6, 6.07) is 4.96. The second-order valence-electron chi connectivity index (χ2n) is 5.87. The van der Waals surface area contributed by atoms with E-state index in [1.54, 1.807) is 6.07 Å². The lowest BCUT2D eigenvalue weighted by atomic mass is 9.96. The first-order chi connectivity index (χ1) is 11.0. The highest BCUT2D eigenvalue weighted by atomic mass is 19.1. The van der Waals surface area contributed by atoms with Gasteiger partial charge in [0.15, 0.2) is 11.5 Å². The number of aliphatic hydroxyl groups is 1. The van der Waals surface area contributed by atoms with Crippen LogP contribution < -0.4 is 0 Å². The van der Waals surface area contributed by atoms with Gasteiger partial charge in [-0.25, -0.2) is 4.39 Å². The predicted molar refractivity (Wildman–Crippen MR) is 80.2 cm³/mol. The molecule has 5 nitrogen and oxygen atoms in total. The lowest BCUT2D eigenvalue weighted by Crippen LogP contribution is -2.37. The van der Waals surface area contributed by atoms with Crippen molar-refractivity contribution in [3.05, 3.63) is 47.0 Å². The maximum atomic E-state index is 13.6. The van der Waals surface area contributed by atoms with E-state index in [1.165, 1.54) is 30.0 Å².